The number of piperidine rings is 1. The van der Waals surface area contributed by atoms with Crippen LogP contribution in [0.4, 0.5) is 0 Å². The molecule has 2 N–H and O–H groups in total. The van der Waals surface area contributed by atoms with E-state index in [0.717, 1.165) is 32.1 Å². The third kappa shape index (κ3) is 4.59. The van der Waals surface area contributed by atoms with Gasteiger partial charge < -0.3 is 10.6 Å². The number of amides is 1. The molecule has 0 aromatic rings. The molecular weight excluding hydrogens is 338 g/mol. The minimum absolute atomic E-state index is 0. The first-order valence-electron chi connectivity index (χ1n) is 8.33. The van der Waals surface area contributed by atoms with Gasteiger partial charge in [0.25, 0.3) is 0 Å². The molecule has 2 rings (SSSR count). The van der Waals surface area contributed by atoms with Gasteiger partial charge in [0, 0.05) is 38.6 Å². The smallest absolute Gasteiger partial charge is 0.225 e. The number of hydrogen-bond donors (Lipinski definition) is 1. The molecule has 1 amide bonds. The van der Waals surface area contributed by atoms with Gasteiger partial charge in [-0.15, -0.1) is 12.4 Å². The predicted octanol–water partition coefficient (Wildman–Crippen LogP) is 1.20. The van der Waals surface area contributed by atoms with Crippen LogP contribution in [0.15, 0.2) is 0 Å². The maximum Gasteiger partial charge on any atom is 0.225 e. The average Bonchev–Trinajstić information content (AvgIpc) is 3.07. The number of carbonyl (C=O) groups excluding carboxylic acids is 1. The van der Waals surface area contributed by atoms with Crippen molar-refractivity contribution < 1.29 is 13.2 Å². The number of sulfonamides is 1. The molecule has 0 aromatic carbocycles. The van der Waals surface area contributed by atoms with E-state index in [0.29, 0.717) is 26.1 Å². The van der Waals surface area contributed by atoms with Gasteiger partial charge in [-0.1, -0.05) is 12.8 Å². The van der Waals surface area contributed by atoms with Crippen molar-refractivity contribution in [2.24, 2.45) is 11.7 Å². The van der Waals surface area contributed by atoms with Crippen molar-refractivity contribution in [2.45, 2.75) is 56.7 Å². The molecule has 2 fully saturated rings. The van der Waals surface area contributed by atoms with E-state index in [1.54, 1.807) is 11.9 Å². The molecule has 136 valence electrons. The van der Waals surface area contributed by atoms with Crippen LogP contribution in [0.1, 0.15) is 45.4 Å². The molecule has 2 aliphatic rings. The van der Waals surface area contributed by atoms with E-state index in [1.165, 1.54) is 4.31 Å². The summed E-state index contributed by atoms with van der Waals surface area (Å²) >= 11 is 0. The van der Waals surface area contributed by atoms with Crippen molar-refractivity contribution in [1.29, 1.82) is 0 Å². The van der Waals surface area contributed by atoms with Crippen LogP contribution >= 0.6 is 12.4 Å². The minimum Gasteiger partial charge on any atom is -0.341 e. The fourth-order valence-corrected chi connectivity index (χ4v) is 5.34. The molecule has 1 saturated heterocycles. The standard InChI is InChI=1S/C15H29N3O3S.ClH/c1-12(10-16)17(2)22(20,21)14-8-5-9-18(11-14)15(19)13-6-3-4-7-13;/h12-14H,3-11,16H2,1-2H3;1H. The van der Waals surface area contributed by atoms with Gasteiger partial charge in [-0.2, -0.15) is 0 Å². The van der Waals surface area contributed by atoms with Gasteiger partial charge in [0.1, 0.15) is 0 Å². The summed E-state index contributed by atoms with van der Waals surface area (Å²) in [7, 11) is -1.82. The van der Waals surface area contributed by atoms with Gasteiger partial charge in [0.05, 0.1) is 5.25 Å². The van der Waals surface area contributed by atoms with E-state index in [1.807, 2.05) is 6.92 Å². The Morgan fingerprint density at radius 3 is 2.43 bits per heavy atom. The van der Waals surface area contributed by atoms with Gasteiger partial charge in [-0.05, 0) is 32.6 Å². The molecule has 0 aromatic heterocycles. The van der Waals surface area contributed by atoms with Crippen LogP contribution in [-0.4, -0.2) is 61.5 Å². The highest BCUT2D eigenvalue weighted by atomic mass is 35.5. The molecule has 1 saturated carbocycles. The fourth-order valence-electron chi connectivity index (χ4n) is 3.45. The van der Waals surface area contributed by atoms with Gasteiger partial charge >= 0.3 is 0 Å². The molecule has 0 spiro atoms. The third-order valence-corrected chi connectivity index (χ3v) is 7.57. The fraction of sp³-hybridized carbons (Fsp3) is 0.933. The number of likely N-dealkylation sites (N-methyl/N-ethyl adjacent to an activating group) is 1. The Hall–Kier alpha value is -0.370. The normalized spacial score (nSPS) is 24.5. The van der Waals surface area contributed by atoms with Crippen molar-refractivity contribution >= 4 is 28.3 Å². The lowest BCUT2D eigenvalue weighted by atomic mass is 10.0. The summed E-state index contributed by atoms with van der Waals surface area (Å²) in [5, 5.41) is -0.495. The zero-order valence-corrected chi connectivity index (χ0v) is 15.7. The molecule has 2 atom stereocenters. The largest absolute Gasteiger partial charge is 0.341 e. The maximum atomic E-state index is 12.7. The second-order valence-corrected chi connectivity index (χ2v) is 8.95. The second-order valence-electron chi connectivity index (χ2n) is 6.68. The van der Waals surface area contributed by atoms with Crippen molar-refractivity contribution in [3.63, 3.8) is 0 Å². The van der Waals surface area contributed by atoms with Gasteiger partial charge in [0.15, 0.2) is 0 Å². The van der Waals surface area contributed by atoms with E-state index >= 15 is 0 Å². The van der Waals surface area contributed by atoms with Crippen LogP contribution < -0.4 is 5.73 Å². The molecule has 0 bridgehead atoms. The Morgan fingerprint density at radius 1 is 1.26 bits per heavy atom. The first-order chi connectivity index (χ1) is 10.4. The summed E-state index contributed by atoms with van der Waals surface area (Å²) in [6, 6.07) is -0.217. The average molecular weight is 368 g/mol. The summed E-state index contributed by atoms with van der Waals surface area (Å²) < 4.78 is 26.8. The van der Waals surface area contributed by atoms with Crippen LogP contribution in [0.5, 0.6) is 0 Å². The number of rotatable bonds is 5. The van der Waals surface area contributed by atoms with Gasteiger partial charge in [-0.25, -0.2) is 12.7 Å². The molecule has 1 heterocycles. The van der Waals surface area contributed by atoms with Crippen LogP contribution in [0.3, 0.4) is 0 Å². The van der Waals surface area contributed by atoms with Crippen molar-refractivity contribution in [3.05, 3.63) is 0 Å². The molecular formula is C15H30ClN3O3S. The third-order valence-electron chi connectivity index (χ3n) is 5.18. The summed E-state index contributed by atoms with van der Waals surface area (Å²) in [6.45, 7) is 3.13. The quantitative estimate of drug-likeness (QED) is 0.791. The predicted molar refractivity (Wildman–Crippen MR) is 94.0 cm³/mol. The monoisotopic (exact) mass is 367 g/mol. The highest BCUT2D eigenvalue weighted by Gasteiger charge is 2.38. The SMILES string of the molecule is CC(CN)N(C)S(=O)(=O)C1CCCN(C(=O)C2CCCC2)C1.Cl. The molecule has 1 aliphatic carbocycles. The van der Waals surface area contributed by atoms with E-state index in [2.05, 4.69) is 0 Å². The summed E-state index contributed by atoms with van der Waals surface area (Å²) in [5.74, 6) is 0.272. The first-order valence-corrected chi connectivity index (χ1v) is 9.84. The minimum atomic E-state index is -3.40. The van der Waals surface area contributed by atoms with Gasteiger partial charge in [-0.3, -0.25) is 4.79 Å². The number of likely N-dealkylation sites (tertiary alicyclic amines) is 1. The number of hydrogen-bond acceptors (Lipinski definition) is 4. The zero-order valence-electron chi connectivity index (χ0n) is 14.1. The van der Waals surface area contributed by atoms with Crippen molar-refractivity contribution in [3.8, 4) is 0 Å². The summed E-state index contributed by atoms with van der Waals surface area (Å²) in [6.07, 6.45) is 5.52. The Kier molecular flexibility index (Phi) is 7.77. The van der Waals surface area contributed by atoms with Gasteiger partial charge in [0.2, 0.25) is 15.9 Å². The zero-order chi connectivity index (χ0) is 16.3. The topological polar surface area (TPSA) is 83.7 Å². The Morgan fingerprint density at radius 2 is 1.87 bits per heavy atom. The van der Waals surface area contributed by atoms with Crippen molar-refractivity contribution in [2.75, 3.05) is 26.7 Å². The van der Waals surface area contributed by atoms with E-state index < -0.39 is 15.3 Å². The number of nitrogens with zero attached hydrogens (tertiary/aromatic N) is 2. The Bertz CT molecular complexity index is 494. The van der Waals surface area contributed by atoms with Crippen molar-refractivity contribution in [1.82, 2.24) is 9.21 Å². The molecule has 0 radical (unpaired) electrons. The first kappa shape index (κ1) is 20.7. The molecule has 8 heteroatoms. The number of carbonyl (C=O) groups is 1. The van der Waals surface area contributed by atoms with Crippen LogP contribution in [-0.2, 0) is 14.8 Å². The maximum absolute atomic E-state index is 12.7. The lowest BCUT2D eigenvalue weighted by molar-refractivity contribution is -0.136. The second kappa shape index (κ2) is 8.65. The van der Waals surface area contributed by atoms with Crippen LogP contribution in [0.25, 0.3) is 0 Å². The highest BCUT2D eigenvalue weighted by Crippen LogP contribution is 2.29. The lowest BCUT2D eigenvalue weighted by Crippen LogP contribution is -2.52. The summed E-state index contributed by atoms with van der Waals surface area (Å²) in [4.78, 5) is 14.3. The number of halogens is 1. The lowest BCUT2D eigenvalue weighted by Gasteiger charge is -2.36. The number of nitrogens with two attached hydrogens (primary N) is 1. The van der Waals surface area contributed by atoms with E-state index in [-0.39, 0.29) is 30.3 Å². The van der Waals surface area contributed by atoms with E-state index in [9.17, 15) is 13.2 Å². The summed E-state index contributed by atoms with van der Waals surface area (Å²) in [5.41, 5.74) is 5.59. The Labute approximate surface area is 146 Å². The molecule has 1 aliphatic heterocycles. The molecule has 23 heavy (non-hydrogen) atoms. The van der Waals surface area contributed by atoms with E-state index in [4.69, 9.17) is 5.73 Å². The molecule has 2 unspecified atom stereocenters. The highest BCUT2D eigenvalue weighted by molar-refractivity contribution is 7.89. The molecule has 6 nitrogen and oxygen atoms in total. The Balaban J connectivity index is 0.00000264. The van der Waals surface area contributed by atoms with Crippen LogP contribution in [0.2, 0.25) is 0 Å². The van der Waals surface area contributed by atoms with Crippen LogP contribution in [0, 0.1) is 5.92 Å².